The summed E-state index contributed by atoms with van der Waals surface area (Å²) >= 11 is 7.93. The first kappa shape index (κ1) is 18.5. The summed E-state index contributed by atoms with van der Waals surface area (Å²) in [6.45, 7) is 4.53. The van der Waals surface area contributed by atoms with Crippen LogP contribution >= 0.6 is 22.9 Å². The van der Waals surface area contributed by atoms with Gasteiger partial charge in [-0.1, -0.05) is 47.5 Å². The SMILES string of the molecule is CCOc1c(Cl)cc(/C=C/c2nc(-c3ccc(C)cc3)cs2)cc1OC. The molecule has 0 bridgehead atoms. The van der Waals surface area contributed by atoms with Crippen LogP contribution in [0.25, 0.3) is 23.4 Å². The van der Waals surface area contributed by atoms with Crippen LogP contribution in [0.5, 0.6) is 11.5 Å². The Hall–Kier alpha value is -2.30. The number of methoxy groups -OCH3 is 1. The average molecular weight is 386 g/mol. The number of hydrogen-bond acceptors (Lipinski definition) is 4. The second-order valence-electron chi connectivity index (χ2n) is 5.74. The Labute approximate surface area is 162 Å². The van der Waals surface area contributed by atoms with Gasteiger partial charge in [-0.15, -0.1) is 11.3 Å². The second kappa shape index (κ2) is 8.39. The van der Waals surface area contributed by atoms with Crippen LogP contribution in [-0.2, 0) is 0 Å². The number of thiazole rings is 1. The normalized spacial score (nSPS) is 11.1. The molecule has 0 spiro atoms. The van der Waals surface area contributed by atoms with Gasteiger partial charge in [0.2, 0.25) is 0 Å². The van der Waals surface area contributed by atoms with Crippen molar-refractivity contribution in [3.63, 3.8) is 0 Å². The average Bonchev–Trinajstić information content (AvgIpc) is 3.11. The number of hydrogen-bond donors (Lipinski definition) is 0. The minimum absolute atomic E-state index is 0.533. The summed E-state index contributed by atoms with van der Waals surface area (Å²) in [5, 5.41) is 3.53. The lowest BCUT2D eigenvalue weighted by atomic mass is 10.1. The number of aryl methyl sites for hydroxylation is 1. The van der Waals surface area contributed by atoms with Crippen molar-refractivity contribution in [1.29, 1.82) is 0 Å². The van der Waals surface area contributed by atoms with E-state index in [0.717, 1.165) is 21.8 Å². The minimum atomic E-state index is 0.533. The van der Waals surface area contributed by atoms with Gasteiger partial charge in [-0.3, -0.25) is 0 Å². The lowest BCUT2D eigenvalue weighted by Gasteiger charge is -2.11. The zero-order valence-electron chi connectivity index (χ0n) is 15.0. The summed E-state index contributed by atoms with van der Waals surface area (Å²) in [7, 11) is 1.61. The molecule has 3 nitrogen and oxygen atoms in total. The summed E-state index contributed by atoms with van der Waals surface area (Å²) in [6.07, 6.45) is 3.95. The van der Waals surface area contributed by atoms with Crippen molar-refractivity contribution < 1.29 is 9.47 Å². The van der Waals surface area contributed by atoms with Gasteiger partial charge in [0.25, 0.3) is 0 Å². The van der Waals surface area contributed by atoms with E-state index in [-0.39, 0.29) is 0 Å². The van der Waals surface area contributed by atoms with Crippen LogP contribution in [0.4, 0.5) is 0 Å². The zero-order chi connectivity index (χ0) is 18.5. The second-order valence-corrected chi connectivity index (χ2v) is 7.03. The van der Waals surface area contributed by atoms with Gasteiger partial charge in [0.1, 0.15) is 5.01 Å². The van der Waals surface area contributed by atoms with Crippen molar-refractivity contribution in [3.8, 4) is 22.8 Å². The monoisotopic (exact) mass is 385 g/mol. The smallest absolute Gasteiger partial charge is 0.179 e. The fourth-order valence-electron chi connectivity index (χ4n) is 2.51. The van der Waals surface area contributed by atoms with Crippen molar-refractivity contribution in [3.05, 3.63) is 62.9 Å². The molecule has 0 aliphatic carbocycles. The number of benzene rings is 2. The molecule has 0 N–H and O–H groups in total. The highest BCUT2D eigenvalue weighted by molar-refractivity contribution is 7.10. The Balaban J connectivity index is 1.82. The molecule has 0 saturated carbocycles. The Kier molecular flexibility index (Phi) is 5.96. The van der Waals surface area contributed by atoms with E-state index in [1.54, 1.807) is 18.4 Å². The molecule has 0 aliphatic rings. The van der Waals surface area contributed by atoms with Gasteiger partial charge >= 0.3 is 0 Å². The standard InChI is InChI=1S/C21H20ClNO2S/c1-4-25-21-17(22)11-15(12-19(21)24-3)7-10-20-23-18(13-26-20)16-8-5-14(2)6-9-16/h5-13H,4H2,1-3H3/b10-7+. The number of rotatable bonds is 6. The quantitative estimate of drug-likeness (QED) is 0.495. The van der Waals surface area contributed by atoms with E-state index < -0.39 is 0 Å². The summed E-state index contributed by atoms with van der Waals surface area (Å²) in [5.41, 5.74) is 4.28. The maximum absolute atomic E-state index is 6.32. The number of ether oxygens (including phenoxy) is 2. The molecule has 0 amide bonds. The molecule has 0 unspecified atom stereocenters. The third kappa shape index (κ3) is 4.26. The first-order valence-electron chi connectivity index (χ1n) is 8.31. The molecule has 3 aromatic rings. The fourth-order valence-corrected chi connectivity index (χ4v) is 3.50. The van der Waals surface area contributed by atoms with Gasteiger partial charge in [0.05, 0.1) is 24.4 Å². The molecular weight excluding hydrogens is 366 g/mol. The molecule has 0 atom stereocenters. The van der Waals surface area contributed by atoms with Gasteiger partial charge in [-0.2, -0.15) is 0 Å². The third-order valence-electron chi connectivity index (χ3n) is 3.83. The maximum Gasteiger partial charge on any atom is 0.179 e. The van der Waals surface area contributed by atoms with Crippen LogP contribution in [0.15, 0.2) is 41.8 Å². The maximum atomic E-state index is 6.32. The van der Waals surface area contributed by atoms with Crippen molar-refractivity contribution >= 4 is 35.1 Å². The van der Waals surface area contributed by atoms with E-state index >= 15 is 0 Å². The predicted octanol–water partition coefficient (Wildman–Crippen LogP) is 6.35. The lowest BCUT2D eigenvalue weighted by Crippen LogP contribution is -1.96. The van der Waals surface area contributed by atoms with Crippen LogP contribution < -0.4 is 9.47 Å². The number of aromatic nitrogens is 1. The highest BCUT2D eigenvalue weighted by Gasteiger charge is 2.10. The highest BCUT2D eigenvalue weighted by atomic mass is 35.5. The Morgan fingerprint density at radius 2 is 1.92 bits per heavy atom. The van der Waals surface area contributed by atoms with E-state index in [9.17, 15) is 0 Å². The molecule has 0 fully saturated rings. The molecule has 134 valence electrons. The highest BCUT2D eigenvalue weighted by Crippen LogP contribution is 2.37. The molecule has 26 heavy (non-hydrogen) atoms. The number of nitrogens with zero attached hydrogens (tertiary/aromatic N) is 1. The fraction of sp³-hybridized carbons (Fsp3) is 0.190. The van der Waals surface area contributed by atoms with Crippen LogP contribution in [0.2, 0.25) is 5.02 Å². The molecule has 0 radical (unpaired) electrons. The molecule has 1 heterocycles. The van der Waals surface area contributed by atoms with Crippen molar-refractivity contribution in [2.24, 2.45) is 0 Å². The van der Waals surface area contributed by atoms with Crippen molar-refractivity contribution in [2.45, 2.75) is 13.8 Å². The Bertz CT molecular complexity index is 916. The summed E-state index contributed by atoms with van der Waals surface area (Å²) in [6, 6.07) is 12.1. The van der Waals surface area contributed by atoms with E-state index in [1.165, 1.54) is 5.56 Å². The van der Waals surface area contributed by atoms with Crippen LogP contribution in [0, 0.1) is 6.92 Å². The molecule has 0 saturated heterocycles. The van der Waals surface area contributed by atoms with Gasteiger partial charge < -0.3 is 9.47 Å². The van der Waals surface area contributed by atoms with Gasteiger partial charge in [0, 0.05) is 10.9 Å². The van der Waals surface area contributed by atoms with E-state index in [4.69, 9.17) is 21.1 Å². The molecule has 1 aromatic heterocycles. The summed E-state index contributed by atoms with van der Waals surface area (Å²) in [5.74, 6) is 1.20. The molecule has 2 aromatic carbocycles. The van der Waals surface area contributed by atoms with Gasteiger partial charge in [0.15, 0.2) is 11.5 Å². The lowest BCUT2D eigenvalue weighted by molar-refractivity contribution is 0.311. The van der Waals surface area contributed by atoms with E-state index in [1.807, 2.05) is 31.2 Å². The molecule has 0 aliphatic heterocycles. The molecule has 5 heteroatoms. The first-order valence-corrected chi connectivity index (χ1v) is 9.57. The zero-order valence-corrected chi connectivity index (χ0v) is 16.5. The molecule has 3 rings (SSSR count). The van der Waals surface area contributed by atoms with Gasteiger partial charge in [-0.25, -0.2) is 4.98 Å². The predicted molar refractivity (Wildman–Crippen MR) is 110 cm³/mol. The van der Waals surface area contributed by atoms with E-state index in [2.05, 4.69) is 41.6 Å². The van der Waals surface area contributed by atoms with Crippen LogP contribution in [0.3, 0.4) is 0 Å². The van der Waals surface area contributed by atoms with E-state index in [0.29, 0.717) is 23.1 Å². The minimum Gasteiger partial charge on any atom is -0.493 e. The first-order chi connectivity index (χ1) is 12.6. The Morgan fingerprint density at radius 3 is 2.62 bits per heavy atom. The largest absolute Gasteiger partial charge is 0.493 e. The summed E-state index contributed by atoms with van der Waals surface area (Å²) in [4.78, 5) is 4.68. The summed E-state index contributed by atoms with van der Waals surface area (Å²) < 4.78 is 10.9. The van der Waals surface area contributed by atoms with Gasteiger partial charge in [-0.05, 0) is 37.6 Å². The van der Waals surface area contributed by atoms with Crippen molar-refractivity contribution in [2.75, 3.05) is 13.7 Å². The topological polar surface area (TPSA) is 31.4 Å². The van der Waals surface area contributed by atoms with Crippen molar-refractivity contribution in [1.82, 2.24) is 4.98 Å². The third-order valence-corrected chi connectivity index (χ3v) is 4.92. The Morgan fingerprint density at radius 1 is 1.15 bits per heavy atom. The van der Waals surface area contributed by atoms with Crippen LogP contribution in [0.1, 0.15) is 23.1 Å². The van der Waals surface area contributed by atoms with Crippen LogP contribution in [-0.4, -0.2) is 18.7 Å². The molecular formula is C21H20ClNO2S. The number of halogens is 1.